The Bertz CT molecular complexity index is 875. The number of carbonyl (C=O) groups is 2. The van der Waals surface area contributed by atoms with Gasteiger partial charge in [0.2, 0.25) is 5.91 Å². The van der Waals surface area contributed by atoms with Crippen molar-refractivity contribution >= 4 is 17.5 Å². The van der Waals surface area contributed by atoms with Gasteiger partial charge < -0.3 is 15.3 Å². The maximum Gasteiger partial charge on any atom is 0.254 e. The number of carbonyl (C=O) groups excluding carboxylic acids is 2. The number of amides is 2. The topological polar surface area (TPSA) is 82.5 Å². The van der Waals surface area contributed by atoms with Gasteiger partial charge in [-0.2, -0.15) is 0 Å². The van der Waals surface area contributed by atoms with Crippen LogP contribution in [0.1, 0.15) is 37.4 Å². The molecule has 2 N–H and O–H groups in total. The van der Waals surface area contributed by atoms with Crippen LogP contribution in [-0.2, 0) is 15.0 Å². The third-order valence-electron chi connectivity index (χ3n) is 5.37. The molecule has 1 saturated heterocycles. The van der Waals surface area contributed by atoms with E-state index in [1.807, 2.05) is 30.3 Å². The van der Waals surface area contributed by atoms with Crippen molar-refractivity contribution in [2.45, 2.75) is 37.3 Å². The molecule has 1 fully saturated rings. The third-order valence-corrected chi connectivity index (χ3v) is 5.37. The maximum atomic E-state index is 13.1. The number of benzene rings is 1. The van der Waals surface area contributed by atoms with Crippen LogP contribution in [0.4, 0.5) is 5.69 Å². The van der Waals surface area contributed by atoms with E-state index < -0.39 is 17.1 Å². The van der Waals surface area contributed by atoms with E-state index in [-0.39, 0.29) is 11.8 Å². The molecule has 26 heavy (non-hydrogen) atoms. The van der Waals surface area contributed by atoms with Crippen LogP contribution in [0.25, 0.3) is 0 Å². The minimum Gasteiger partial charge on any atom is -0.381 e. The number of hydrogen-bond acceptors (Lipinski definition) is 4. The second-order valence-electron chi connectivity index (χ2n) is 7.47. The Morgan fingerprint density at radius 1 is 1.31 bits per heavy atom. The fourth-order valence-electron chi connectivity index (χ4n) is 4.26. The molecule has 2 atom stereocenters. The van der Waals surface area contributed by atoms with Gasteiger partial charge in [0, 0.05) is 24.6 Å². The van der Waals surface area contributed by atoms with Crippen LogP contribution in [0.3, 0.4) is 0 Å². The highest BCUT2D eigenvalue weighted by atomic mass is 16.3. The van der Waals surface area contributed by atoms with Crippen molar-refractivity contribution in [3.63, 3.8) is 0 Å². The fraction of sp³-hybridized carbons (Fsp3) is 0.350. The molecule has 2 unspecified atom stereocenters. The van der Waals surface area contributed by atoms with Crippen LogP contribution in [0.15, 0.2) is 48.8 Å². The van der Waals surface area contributed by atoms with Gasteiger partial charge in [0.15, 0.2) is 0 Å². The highest BCUT2D eigenvalue weighted by Gasteiger charge is 2.60. The molecule has 134 valence electrons. The largest absolute Gasteiger partial charge is 0.381 e. The zero-order valence-corrected chi connectivity index (χ0v) is 14.8. The second-order valence-corrected chi connectivity index (χ2v) is 7.47. The normalized spacial score (nSPS) is 24.7. The summed E-state index contributed by atoms with van der Waals surface area (Å²) >= 11 is 0. The summed E-state index contributed by atoms with van der Waals surface area (Å²) in [4.78, 5) is 31.9. The number of hydrogen-bond donors (Lipinski definition) is 2. The Morgan fingerprint density at radius 2 is 2.08 bits per heavy atom. The Hall–Kier alpha value is -2.73. The van der Waals surface area contributed by atoms with Crippen molar-refractivity contribution < 1.29 is 14.7 Å². The highest BCUT2D eigenvalue weighted by Crippen LogP contribution is 2.54. The SMILES string of the molecule is CC(C)(O)C(=O)N1CCC2(C(=O)Nc3ccccc32)C1c1cccnc1. The highest BCUT2D eigenvalue weighted by molar-refractivity contribution is 6.08. The predicted molar refractivity (Wildman–Crippen MR) is 96.4 cm³/mol. The van der Waals surface area contributed by atoms with Crippen molar-refractivity contribution in [2.24, 2.45) is 0 Å². The van der Waals surface area contributed by atoms with E-state index in [4.69, 9.17) is 0 Å². The summed E-state index contributed by atoms with van der Waals surface area (Å²) < 4.78 is 0. The van der Waals surface area contributed by atoms with Gasteiger partial charge in [0.05, 0.1) is 6.04 Å². The number of nitrogens with zero attached hydrogens (tertiary/aromatic N) is 2. The van der Waals surface area contributed by atoms with Crippen molar-refractivity contribution in [2.75, 3.05) is 11.9 Å². The van der Waals surface area contributed by atoms with Gasteiger partial charge in [-0.1, -0.05) is 24.3 Å². The lowest BCUT2D eigenvalue weighted by Crippen LogP contribution is -2.48. The molecule has 3 heterocycles. The standard InChI is InChI=1S/C20H21N3O3/c1-19(2,26)18(25)23-11-9-20(16(23)13-6-5-10-21-12-13)14-7-3-4-8-15(14)22-17(20)24/h3-8,10,12,16,26H,9,11H2,1-2H3,(H,22,24). The molecule has 4 rings (SSSR count). The summed E-state index contributed by atoms with van der Waals surface area (Å²) in [5.74, 6) is -0.501. The molecule has 2 aliphatic rings. The minimum absolute atomic E-state index is 0.112. The first-order valence-electron chi connectivity index (χ1n) is 8.70. The molecule has 0 bridgehead atoms. The molecule has 0 radical (unpaired) electrons. The first-order valence-corrected chi connectivity index (χ1v) is 8.70. The smallest absolute Gasteiger partial charge is 0.254 e. The number of aromatic nitrogens is 1. The molecule has 1 spiro atoms. The lowest BCUT2D eigenvalue weighted by Gasteiger charge is -2.36. The summed E-state index contributed by atoms with van der Waals surface area (Å²) in [5.41, 5.74) is 0.0736. The molecular formula is C20H21N3O3. The van der Waals surface area contributed by atoms with Crippen molar-refractivity contribution in [1.82, 2.24) is 9.88 Å². The number of anilines is 1. The van der Waals surface area contributed by atoms with E-state index in [0.717, 1.165) is 16.8 Å². The first-order chi connectivity index (χ1) is 12.4. The van der Waals surface area contributed by atoms with Gasteiger partial charge in [0.1, 0.15) is 11.0 Å². The average molecular weight is 351 g/mol. The van der Waals surface area contributed by atoms with E-state index in [1.54, 1.807) is 23.4 Å². The number of pyridine rings is 1. The fourth-order valence-corrected chi connectivity index (χ4v) is 4.26. The van der Waals surface area contributed by atoms with Crippen LogP contribution in [0.5, 0.6) is 0 Å². The van der Waals surface area contributed by atoms with Crippen LogP contribution < -0.4 is 5.32 Å². The van der Waals surface area contributed by atoms with Gasteiger partial charge in [-0.25, -0.2) is 0 Å². The van der Waals surface area contributed by atoms with Gasteiger partial charge in [-0.15, -0.1) is 0 Å². The van der Waals surface area contributed by atoms with Crippen LogP contribution in [-0.4, -0.2) is 39.0 Å². The second kappa shape index (κ2) is 5.64. The van der Waals surface area contributed by atoms with Gasteiger partial charge in [-0.05, 0) is 43.5 Å². The van der Waals surface area contributed by atoms with Crippen molar-refractivity contribution in [3.05, 3.63) is 59.9 Å². The molecule has 6 nitrogen and oxygen atoms in total. The molecule has 2 aliphatic heterocycles. The van der Waals surface area contributed by atoms with Crippen LogP contribution >= 0.6 is 0 Å². The van der Waals surface area contributed by atoms with Gasteiger partial charge in [0.25, 0.3) is 5.91 Å². The maximum absolute atomic E-state index is 13.1. The average Bonchev–Trinajstić information content (AvgIpc) is 3.14. The molecule has 6 heteroatoms. The molecular weight excluding hydrogens is 330 g/mol. The molecule has 0 saturated carbocycles. The van der Waals surface area contributed by atoms with Crippen molar-refractivity contribution in [3.8, 4) is 0 Å². The van der Waals surface area contributed by atoms with Crippen LogP contribution in [0, 0.1) is 0 Å². The van der Waals surface area contributed by atoms with Gasteiger partial charge in [-0.3, -0.25) is 14.6 Å². The molecule has 1 aromatic heterocycles. The summed E-state index contributed by atoms with van der Waals surface area (Å²) in [6, 6.07) is 10.8. The number of fused-ring (bicyclic) bond motifs is 2. The Labute approximate surface area is 151 Å². The van der Waals surface area contributed by atoms with Crippen molar-refractivity contribution in [1.29, 1.82) is 0 Å². The van der Waals surface area contributed by atoms with E-state index in [9.17, 15) is 14.7 Å². The summed E-state index contributed by atoms with van der Waals surface area (Å²) in [5, 5.41) is 13.3. The zero-order valence-electron chi connectivity index (χ0n) is 14.8. The molecule has 2 aromatic rings. The van der Waals surface area contributed by atoms with E-state index in [2.05, 4.69) is 10.3 Å². The molecule has 0 aliphatic carbocycles. The predicted octanol–water partition coefficient (Wildman–Crippen LogP) is 2.02. The number of nitrogens with one attached hydrogen (secondary N) is 1. The Kier molecular flexibility index (Phi) is 3.63. The quantitative estimate of drug-likeness (QED) is 0.867. The lowest BCUT2D eigenvalue weighted by molar-refractivity contribution is -0.149. The Morgan fingerprint density at radius 3 is 2.77 bits per heavy atom. The summed E-state index contributed by atoms with van der Waals surface area (Å²) in [6.07, 6.45) is 3.85. The summed E-state index contributed by atoms with van der Waals surface area (Å²) in [6.45, 7) is 3.34. The number of aliphatic hydroxyl groups is 1. The number of rotatable bonds is 2. The monoisotopic (exact) mass is 351 g/mol. The molecule has 2 amide bonds. The van der Waals surface area contributed by atoms with E-state index >= 15 is 0 Å². The zero-order chi connectivity index (χ0) is 18.5. The molecule has 1 aromatic carbocycles. The number of likely N-dealkylation sites (tertiary alicyclic amines) is 1. The van der Waals surface area contributed by atoms with Gasteiger partial charge >= 0.3 is 0 Å². The Balaban J connectivity index is 1.91. The van der Waals surface area contributed by atoms with E-state index in [0.29, 0.717) is 13.0 Å². The van der Waals surface area contributed by atoms with Crippen LogP contribution in [0.2, 0.25) is 0 Å². The number of para-hydroxylation sites is 1. The van der Waals surface area contributed by atoms with E-state index in [1.165, 1.54) is 13.8 Å². The third kappa shape index (κ3) is 2.25. The minimum atomic E-state index is -1.51. The first kappa shape index (κ1) is 16.7. The summed E-state index contributed by atoms with van der Waals surface area (Å²) in [7, 11) is 0. The lowest BCUT2D eigenvalue weighted by atomic mass is 9.73.